The number of benzene rings is 1. The van der Waals surface area contributed by atoms with Crippen molar-refractivity contribution in [2.24, 2.45) is 11.8 Å². The molecule has 1 aliphatic heterocycles. The maximum atomic E-state index is 14.9. The van der Waals surface area contributed by atoms with Gasteiger partial charge in [-0.25, -0.2) is 4.39 Å². The number of hydrogen-bond acceptors (Lipinski definition) is 4. The summed E-state index contributed by atoms with van der Waals surface area (Å²) in [7, 11) is 0. The second-order valence-electron chi connectivity index (χ2n) is 9.57. The molecule has 1 aromatic heterocycles. The van der Waals surface area contributed by atoms with Crippen LogP contribution >= 0.6 is 0 Å². The number of hydrogen-bond donors (Lipinski definition) is 2. The van der Waals surface area contributed by atoms with Gasteiger partial charge in [0, 0.05) is 30.3 Å². The molecule has 7 heteroatoms. The lowest BCUT2D eigenvalue weighted by atomic mass is 9.98. The molecule has 1 amide bonds. The van der Waals surface area contributed by atoms with Gasteiger partial charge in [0.1, 0.15) is 11.9 Å². The van der Waals surface area contributed by atoms with Crippen LogP contribution < -0.4 is 10.6 Å². The minimum absolute atomic E-state index is 0.136. The van der Waals surface area contributed by atoms with Crippen molar-refractivity contribution in [1.82, 2.24) is 20.4 Å². The molecule has 2 aliphatic rings. The minimum Gasteiger partial charge on any atom is -0.339 e. The third kappa shape index (κ3) is 4.71. The molecular formula is C25H32FN5O. The monoisotopic (exact) mass is 437 g/mol. The van der Waals surface area contributed by atoms with Crippen LogP contribution in [-0.2, 0) is 24.2 Å². The van der Waals surface area contributed by atoms with Gasteiger partial charge in [-0.15, -0.1) is 0 Å². The highest BCUT2D eigenvalue weighted by Crippen LogP contribution is 2.35. The highest BCUT2D eigenvalue weighted by Gasteiger charge is 2.43. The molecule has 1 saturated carbocycles. The van der Waals surface area contributed by atoms with E-state index in [1.807, 2.05) is 16.8 Å². The number of nitrogens with zero attached hydrogens (tertiary/aromatic N) is 3. The average molecular weight is 438 g/mol. The molecule has 2 N–H and O–H groups in total. The molecule has 2 aromatic rings. The number of halogens is 1. The normalized spacial score (nSPS) is 22.8. The van der Waals surface area contributed by atoms with E-state index in [9.17, 15) is 14.4 Å². The molecule has 1 aliphatic carbocycles. The first-order valence-electron chi connectivity index (χ1n) is 11.7. The number of piperidine rings is 1. The van der Waals surface area contributed by atoms with Gasteiger partial charge < -0.3 is 10.6 Å². The van der Waals surface area contributed by atoms with E-state index >= 15 is 0 Å². The summed E-state index contributed by atoms with van der Waals surface area (Å²) in [5.74, 6) is 0.286. The molecule has 32 heavy (non-hydrogen) atoms. The Morgan fingerprint density at radius 1 is 1.38 bits per heavy atom. The van der Waals surface area contributed by atoms with E-state index in [0.29, 0.717) is 29.0 Å². The van der Waals surface area contributed by atoms with Gasteiger partial charge in [-0.1, -0.05) is 32.9 Å². The predicted octanol–water partition coefficient (Wildman–Crippen LogP) is 3.60. The topological polar surface area (TPSA) is 82.7 Å². The van der Waals surface area contributed by atoms with Crippen LogP contribution in [0.25, 0.3) is 11.3 Å². The van der Waals surface area contributed by atoms with Crippen LogP contribution in [0.3, 0.4) is 0 Å². The van der Waals surface area contributed by atoms with Crippen LogP contribution in [0, 0.1) is 29.0 Å². The van der Waals surface area contributed by atoms with Gasteiger partial charge in [0.2, 0.25) is 5.91 Å². The van der Waals surface area contributed by atoms with Gasteiger partial charge in [0.05, 0.1) is 17.8 Å². The standard InChI is InChI=1S/C25H32FN5O/c1-4-21-12-23(30-31(21)14-15(2)3)17-6-5-16(22(26)11-17)9-20(13-27)29-25(32)24-18-7-8-19(10-18)28-24/h5-6,11-12,15,18-20,24,28H,4,7-10,14H2,1-3H3,(H,29,32). The molecule has 4 rings (SSSR count). The fourth-order valence-electron chi connectivity index (χ4n) is 5.02. The zero-order chi connectivity index (χ0) is 22.8. The van der Waals surface area contributed by atoms with Gasteiger partial charge in [-0.2, -0.15) is 10.4 Å². The fraction of sp³-hybridized carbons (Fsp3) is 0.560. The highest BCUT2D eigenvalue weighted by atomic mass is 19.1. The number of carbonyl (C=O) groups excluding carboxylic acids is 1. The van der Waals surface area contributed by atoms with Gasteiger partial charge in [0.15, 0.2) is 0 Å². The first-order valence-corrected chi connectivity index (χ1v) is 11.7. The van der Waals surface area contributed by atoms with Crippen molar-refractivity contribution in [3.8, 4) is 17.3 Å². The van der Waals surface area contributed by atoms with Crippen LogP contribution in [0.4, 0.5) is 4.39 Å². The van der Waals surface area contributed by atoms with E-state index in [2.05, 4.69) is 42.6 Å². The number of aromatic nitrogens is 2. The maximum Gasteiger partial charge on any atom is 0.238 e. The molecule has 0 spiro atoms. The minimum atomic E-state index is -0.763. The Hall–Kier alpha value is -2.72. The van der Waals surface area contributed by atoms with Crippen LogP contribution in [0.15, 0.2) is 24.3 Å². The molecule has 2 bridgehead atoms. The van der Waals surface area contributed by atoms with E-state index in [4.69, 9.17) is 0 Å². The third-order valence-electron chi connectivity index (χ3n) is 6.65. The van der Waals surface area contributed by atoms with Crippen molar-refractivity contribution < 1.29 is 9.18 Å². The summed E-state index contributed by atoms with van der Waals surface area (Å²) in [6.07, 6.45) is 4.19. The highest BCUT2D eigenvalue weighted by molar-refractivity contribution is 5.83. The Bertz CT molecular complexity index is 1020. The predicted molar refractivity (Wildman–Crippen MR) is 121 cm³/mol. The molecule has 2 heterocycles. The number of nitrogens with one attached hydrogen (secondary N) is 2. The SMILES string of the molecule is CCc1cc(-c2ccc(CC(C#N)NC(=O)C3NC4CCC3C4)c(F)c2)nn1CC(C)C. The summed E-state index contributed by atoms with van der Waals surface area (Å²) in [4.78, 5) is 12.6. The maximum absolute atomic E-state index is 14.9. The number of fused-ring (bicyclic) bond motifs is 2. The summed E-state index contributed by atoms with van der Waals surface area (Å²) in [5.41, 5.74) is 3.01. The van der Waals surface area contributed by atoms with Gasteiger partial charge in [-0.3, -0.25) is 9.48 Å². The van der Waals surface area contributed by atoms with Crippen LogP contribution in [0.2, 0.25) is 0 Å². The van der Waals surface area contributed by atoms with Gasteiger partial charge in [-0.05, 0) is 55.2 Å². The Morgan fingerprint density at radius 2 is 2.19 bits per heavy atom. The second-order valence-corrected chi connectivity index (χ2v) is 9.57. The molecule has 4 atom stereocenters. The Balaban J connectivity index is 1.44. The van der Waals surface area contributed by atoms with Gasteiger partial charge >= 0.3 is 0 Å². The van der Waals surface area contributed by atoms with Gasteiger partial charge in [0.25, 0.3) is 0 Å². The van der Waals surface area contributed by atoms with Crippen molar-refractivity contribution in [3.63, 3.8) is 0 Å². The summed E-state index contributed by atoms with van der Waals surface area (Å²) in [5, 5.41) is 20.4. The van der Waals surface area contributed by atoms with Crippen molar-refractivity contribution >= 4 is 5.91 Å². The summed E-state index contributed by atoms with van der Waals surface area (Å²) in [6.45, 7) is 7.20. The summed E-state index contributed by atoms with van der Waals surface area (Å²) in [6, 6.07) is 8.57. The zero-order valence-corrected chi connectivity index (χ0v) is 19.1. The Labute approximate surface area is 189 Å². The molecule has 6 nitrogen and oxygen atoms in total. The number of nitriles is 1. The lowest BCUT2D eigenvalue weighted by molar-refractivity contribution is -0.124. The molecule has 1 aromatic carbocycles. The lowest BCUT2D eigenvalue weighted by Crippen LogP contribution is -2.50. The first kappa shape index (κ1) is 22.5. The number of amides is 1. The number of rotatable bonds is 8. The zero-order valence-electron chi connectivity index (χ0n) is 19.1. The second kappa shape index (κ2) is 9.41. The molecule has 4 unspecified atom stereocenters. The lowest BCUT2D eigenvalue weighted by Gasteiger charge is -2.23. The summed E-state index contributed by atoms with van der Waals surface area (Å²) >= 11 is 0. The van der Waals surface area contributed by atoms with Crippen molar-refractivity contribution in [1.29, 1.82) is 5.26 Å². The van der Waals surface area contributed by atoms with Crippen molar-refractivity contribution in [2.75, 3.05) is 0 Å². The Morgan fingerprint density at radius 3 is 2.78 bits per heavy atom. The van der Waals surface area contributed by atoms with Crippen LogP contribution in [-0.4, -0.2) is 33.8 Å². The largest absolute Gasteiger partial charge is 0.339 e. The Kier molecular flexibility index (Phi) is 6.61. The van der Waals surface area contributed by atoms with E-state index < -0.39 is 6.04 Å². The fourth-order valence-corrected chi connectivity index (χ4v) is 5.02. The molecule has 170 valence electrons. The van der Waals surface area contributed by atoms with Crippen molar-refractivity contribution in [2.45, 2.75) is 77.5 Å². The summed E-state index contributed by atoms with van der Waals surface area (Å²) < 4.78 is 16.9. The number of carbonyl (C=O) groups is 1. The van der Waals surface area contributed by atoms with E-state index in [0.717, 1.165) is 43.6 Å². The average Bonchev–Trinajstić information content (AvgIpc) is 3.49. The van der Waals surface area contributed by atoms with Crippen molar-refractivity contribution in [3.05, 3.63) is 41.3 Å². The van der Waals surface area contributed by atoms with E-state index in [1.165, 1.54) is 6.07 Å². The van der Waals surface area contributed by atoms with E-state index in [-0.39, 0.29) is 24.2 Å². The molecule has 2 fully saturated rings. The van der Waals surface area contributed by atoms with E-state index in [1.54, 1.807) is 6.07 Å². The van der Waals surface area contributed by atoms with Crippen LogP contribution in [0.5, 0.6) is 0 Å². The quantitative estimate of drug-likeness (QED) is 0.661. The van der Waals surface area contributed by atoms with Crippen LogP contribution in [0.1, 0.15) is 51.3 Å². The molecule has 1 saturated heterocycles. The number of aryl methyl sites for hydroxylation is 1. The molecular weight excluding hydrogens is 405 g/mol. The third-order valence-corrected chi connectivity index (χ3v) is 6.65. The first-order chi connectivity index (χ1) is 15.4. The molecule has 0 radical (unpaired) electrons. The smallest absolute Gasteiger partial charge is 0.238 e.